The van der Waals surface area contributed by atoms with Gasteiger partial charge < -0.3 is 19.5 Å². The third kappa shape index (κ3) is 5.19. The minimum atomic E-state index is -0.177. The van der Waals surface area contributed by atoms with Crippen LogP contribution >= 0.6 is 0 Å². The van der Waals surface area contributed by atoms with Crippen molar-refractivity contribution in [2.75, 3.05) is 26.2 Å². The second-order valence-electron chi connectivity index (χ2n) is 6.61. The Morgan fingerprint density at radius 1 is 1.32 bits per heavy atom. The molecule has 1 atom stereocenters. The van der Waals surface area contributed by atoms with Crippen molar-refractivity contribution in [2.24, 2.45) is 4.99 Å². The van der Waals surface area contributed by atoms with Crippen molar-refractivity contribution in [1.82, 2.24) is 20.4 Å². The summed E-state index contributed by atoms with van der Waals surface area (Å²) in [6.07, 6.45) is 3.09. The predicted molar refractivity (Wildman–Crippen MR) is 110 cm³/mol. The van der Waals surface area contributed by atoms with Crippen LogP contribution in [0.1, 0.15) is 50.6 Å². The summed E-state index contributed by atoms with van der Waals surface area (Å²) in [6, 6.07) is 10.5. The van der Waals surface area contributed by atoms with Crippen LogP contribution in [0.4, 0.5) is 0 Å². The number of rotatable bonds is 7. The highest BCUT2D eigenvalue weighted by Crippen LogP contribution is 2.22. The van der Waals surface area contributed by atoms with Gasteiger partial charge in [-0.05, 0) is 38.3 Å². The molecule has 0 fully saturated rings. The lowest BCUT2D eigenvalue weighted by molar-refractivity contribution is 0.0683. The molecule has 0 bridgehead atoms. The fourth-order valence-corrected chi connectivity index (χ4v) is 3.17. The van der Waals surface area contributed by atoms with E-state index < -0.39 is 0 Å². The van der Waals surface area contributed by atoms with Crippen molar-refractivity contribution < 1.29 is 9.26 Å². The van der Waals surface area contributed by atoms with Crippen LogP contribution in [0.5, 0.6) is 0 Å². The fourth-order valence-electron chi connectivity index (χ4n) is 3.17. The van der Waals surface area contributed by atoms with Crippen molar-refractivity contribution in [2.45, 2.75) is 39.8 Å². The van der Waals surface area contributed by atoms with E-state index in [4.69, 9.17) is 9.26 Å². The van der Waals surface area contributed by atoms with Gasteiger partial charge in [0.1, 0.15) is 12.6 Å². The quantitative estimate of drug-likeness (QED) is 0.583. The summed E-state index contributed by atoms with van der Waals surface area (Å²) >= 11 is 0. The van der Waals surface area contributed by atoms with E-state index in [0.717, 1.165) is 32.0 Å². The Bertz CT molecular complexity index is 800. The summed E-state index contributed by atoms with van der Waals surface area (Å²) < 4.78 is 10.8. The molecule has 1 aromatic heterocycles. The molecule has 2 heterocycles. The van der Waals surface area contributed by atoms with Crippen LogP contribution in [0.2, 0.25) is 0 Å². The van der Waals surface area contributed by atoms with Gasteiger partial charge in [-0.3, -0.25) is 0 Å². The van der Waals surface area contributed by atoms with Gasteiger partial charge in [0.05, 0.1) is 0 Å². The second-order valence-corrected chi connectivity index (χ2v) is 6.61. The molecule has 1 aliphatic heterocycles. The summed E-state index contributed by atoms with van der Waals surface area (Å²) in [6.45, 7) is 9.44. The minimum absolute atomic E-state index is 0.177. The molecule has 0 saturated carbocycles. The lowest BCUT2D eigenvalue weighted by Crippen LogP contribution is -2.43. The molecule has 7 heteroatoms. The summed E-state index contributed by atoms with van der Waals surface area (Å²) in [4.78, 5) is 11.3. The number of aromatic nitrogens is 2. The van der Waals surface area contributed by atoms with Crippen molar-refractivity contribution in [3.05, 3.63) is 53.7 Å². The lowest BCUT2D eigenvalue weighted by atomic mass is 10.00. The standard InChI is InChI=1S/C21H29N5O2/c1-4-22-21(23-15-19-24-20(25-28-19)16(3)27-5-2)26-13-11-18(12-14-26)17-9-7-6-8-10-17/h6-11,16H,4-5,12-15H2,1-3H3,(H,22,23). The molecule has 1 aliphatic rings. The molecule has 0 spiro atoms. The van der Waals surface area contributed by atoms with Crippen LogP contribution in [0.3, 0.4) is 0 Å². The van der Waals surface area contributed by atoms with E-state index in [-0.39, 0.29) is 6.10 Å². The Morgan fingerprint density at radius 2 is 2.14 bits per heavy atom. The highest BCUT2D eigenvalue weighted by Gasteiger charge is 2.17. The number of hydrogen-bond donors (Lipinski definition) is 1. The molecule has 1 aromatic carbocycles. The average molecular weight is 383 g/mol. The van der Waals surface area contributed by atoms with E-state index in [1.807, 2.05) is 19.9 Å². The molecule has 0 radical (unpaired) electrons. The van der Waals surface area contributed by atoms with Crippen molar-refractivity contribution >= 4 is 11.5 Å². The molecule has 0 amide bonds. The molecular weight excluding hydrogens is 354 g/mol. The topological polar surface area (TPSA) is 75.8 Å². The minimum Gasteiger partial charge on any atom is -0.371 e. The second kappa shape index (κ2) is 10.0. The maximum atomic E-state index is 5.50. The van der Waals surface area contributed by atoms with Gasteiger partial charge >= 0.3 is 0 Å². The third-order valence-corrected chi connectivity index (χ3v) is 4.62. The van der Waals surface area contributed by atoms with Crippen LogP contribution in [-0.4, -0.2) is 47.2 Å². The SMILES string of the molecule is CCNC(=NCc1nc(C(C)OCC)no1)N1CC=C(c2ccccc2)CC1. The van der Waals surface area contributed by atoms with E-state index in [9.17, 15) is 0 Å². The number of nitrogens with one attached hydrogen (secondary N) is 1. The Hall–Kier alpha value is -2.67. The van der Waals surface area contributed by atoms with E-state index in [1.54, 1.807) is 0 Å². The van der Waals surface area contributed by atoms with E-state index >= 15 is 0 Å². The van der Waals surface area contributed by atoms with Crippen molar-refractivity contribution in [3.8, 4) is 0 Å². The van der Waals surface area contributed by atoms with Crippen molar-refractivity contribution in [3.63, 3.8) is 0 Å². The number of aliphatic imine (C=N–C) groups is 1. The first-order valence-corrected chi connectivity index (χ1v) is 9.93. The molecule has 0 aliphatic carbocycles. The van der Waals surface area contributed by atoms with E-state index in [0.29, 0.717) is 24.9 Å². The van der Waals surface area contributed by atoms with Crippen LogP contribution in [0.25, 0.3) is 5.57 Å². The first-order valence-electron chi connectivity index (χ1n) is 9.93. The monoisotopic (exact) mass is 383 g/mol. The first kappa shape index (κ1) is 20.1. The van der Waals surface area contributed by atoms with E-state index in [2.05, 4.69) is 62.6 Å². The molecule has 150 valence electrons. The van der Waals surface area contributed by atoms with Gasteiger partial charge in [0.15, 0.2) is 11.8 Å². The maximum absolute atomic E-state index is 5.50. The number of guanidine groups is 1. The van der Waals surface area contributed by atoms with Gasteiger partial charge in [0.2, 0.25) is 5.89 Å². The molecular formula is C21H29N5O2. The molecule has 28 heavy (non-hydrogen) atoms. The molecule has 7 nitrogen and oxygen atoms in total. The molecule has 1 unspecified atom stereocenters. The van der Waals surface area contributed by atoms with Gasteiger partial charge in [-0.1, -0.05) is 41.6 Å². The average Bonchev–Trinajstić information content (AvgIpc) is 3.21. The number of benzene rings is 1. The third-order valence-electron chi connectivity index (χ3n) is 4.62. The largest absolute Gasteiger partial charge is 0.371 e. The lowest BCUT2D eigenvalue weighted by Gasteiger charge is -2.29. The smallest absolute Gasteiger partial charge is 0.248 e. The summed E-state index contributed by atoms with van der Waals surface area (Å²) in [5, 5.41) is 7.35. The molecule has 0 saturated heterocycles. The van der Waals surface area contributed by atoms with Gasteiger partial charge in [-0.15, -0.1) is 0 Å². The zero-order valence-electron chi connectivity index (χ0n) is 16.9. The predicted octanol–water partition coefficient (Wildman–Crippen LogP) is 3.42. The van der Waals surface area contributed by atoms with E-state index in [1.165, 1.54) is 11.1 Å². The molecule has 3 rings (SSSR count). The first-order chi connectivity index (χ1) is 13.7. The molecule has 2 aromatic rings. The van der Waals surface area contributed by atoms with Gasteiger partial charge in [-0.25, -0.2) is 4.99 Å². The summed E-state index contributed by atoms with van der Waals surface area (Å²) in [5.74, 6) is 1.92. The highest BCUT2D eigenvalue weighted by atomic mass is 16.5. The number of ether oxygens (including phenoxy) is 1. The van der Waals surface area contributed by atoms with Gasteiger partial charge in [0.25, 0.3) is 0 Å². The Kier molecular flexibility index (Phi) is 7.19. The Balaban J connectivity index is 1.64. The summed E-state index contributed by atoms with van der Waals surface area (Å²) in [5.41, 5.74) is 2.69. The maximum Gasteiger partial charge on any atom is 0.248 e. The zero-order valence-corrected chi connectivity index (χ0v) is 16.9. The summed E-state index contributed by atoms with van der Waals surface area (Å²) in [7, 11) is 0. The molecule has 1 N–H and O–H groups in total. The fraction of sp³-hybridized carbons (Fsp3) is 0.476. The van der Waals surface area contributed by atoms with Crippen LogP contribution < -0.4 is 5.32 Å². The zero-order chi connectivity index (χ0) is 19.8. The Morgan fingerprint density at radius 3 is 2.82 bits per heavy atom. The van der Waals surface area contributed by atoms with Crippen molar-refractivity contribution in [1.29, 1.82) is 0 Å². The van der Waals surface area contributed by atoms with Crippen LogP contribution in [-0.2, 0) is 11.3 Å². The number of hydrogen-bond acceptors (Lipinski definition) is 5. The highest BCUT2D eigenvalue weighted by molar-refractivity contribution is 5.81. The van der Waals surface area contributed by atoms with Gasteiger partial charge in [-0.2, -0.15) is 4.98 Å². The van der Waals surface area contributed by atoms with Crippen LogP contribution in [0, 0.1) is 0 Å². The Labute approximate surface area is 166 Å². The normalized spacial score (nSPS) is 16.0. The number of nitrogens with zero attached hydrogens (tertiary/aromatic N) is 4. The van der Waals surface area contributed by atoms with Crippen LogP contribution in [0.15, 0.2) is 45.9 Å². The van der Waals surface area contributed by atoms with Gasteiger partial charge in [0, 0.05) is 26.2 Å².